The van der Waals surface area contributed by atoms with Crippen molar-refractivity contribution in [3.63, 3.8) is 0 Å². The van der Waals surface area contributed by atoms with Crippen molar-refractivity contribution in [2.45, 2.75) is 19.3 Å². The molecule has 34 heavy (non-hydrogen) atoms. The van der Waals surface area contributed by atoms with Crippen molar-refractivity contribution in [1.29, 1.82) is 0 Å². The summed E-state index contributed by atoms with van der Waals surface area (Å²) in [6.07, 6.45) is 2.91. The third kappa shape index (κ3) is 5.50. The van der Waals surface area contributed by atoms with Crippen LogP contribution in [0.15, 0.2) is 121 Å². The maximum absolute atomic E-state index is 12.4. The van der Waals surface area contributed by atoms with Crippen LogP contribution in [0.25, 0.3) is 0 Å². The number of carbonyl (C=O) groups excluding carboxylic acids is 2. The number of unbranched alkanes of at least 4 members (excludes halogenated alkanes) is 1. The second-order valence-electron chi connectivity index (χ2n) is 8.24. The quantitative estimate of drug-likeness (QED) is 0.275. The SMILES string of the molecule is O=C(CCCC[P+](c1ccccc1)(c1ccccc1)c1ccccc1)NC(=O)c1ccccc1. The van der Waals surface area contributed by atoms with E-state index in [-0.39, 0.29) is 11.8 Å². The van der Waals surface area contributed by atoms with Gasteiger partial charge in [-0.05, 0) is 61.4 Å². The first-order valence-electron chi connectivity index (χ1n) is 11.6. The van der Waals surface area contributed by atoms with E-state index in [9.17, 15) is 9.59 Å². The molecule has 0 heterocycles. The van der Waals surface area contributed by atoms with Gasteiger partial charge in [-0.2, -0.15) is 0 Å². The number of amides is 2. The van der Waals surface area contributed by atoms with E-state index in [0.717, 1.165) is 19.0 Å². The van der Waals surface area contributed by atoms with Gasteiger partial charge in [-0.3, -0.25) is 14.9 Å². The van der Waals surface area contributed by atoms with E-state index in [1.807, 2.05) is 6.07 Å². The largest absolute Gasteiger partial charge is 0.292 e. The third-order valence-corrected chi connectivity index (χ3v) is 10.6. The minimum Gasteiger partial charge on any atom is -0.292 e. The standard InChI is InChI=1S/C30H28NO2P/c32-29(31-30(33)25-15-5-1-6-16-25)23-13-14-24-34(26-17-7-2-8-18-26,27-19-9-3-10-20-27)28-21-11-4-12-22-28/h1-12,15-22H,13-14,23-24H2/p+1. The normalized spacial score (nSPS) is 11.1. The Morgan fingerprint density at radius 1 is 0.559 bits per heavy atom. The Morgan fingerprint density at radius 2 is 0.971 bits per heavy atom. The first kappa shape index (κ1) is 23.6. The van der Waals surface area contributed by atoms with E-state index in [4.69, 9.17) is 0 Å². The average Bonchev–Trinajstić information content (AvgIpc) is 2.91. The first-order valence-corrected chi connectivity index (χ1v) is 13.6. The number of nitrogens with one attached hydrogen (secondary N) is 1. The van der Waals surface area contributed by atoms with E-state index in [1.165, 1.54) is 15.9 Å². The summed E-state index contributed by atoms with van der Waals surface area (Å²) < 4.78 is 0. The highest BCUT2D eigenvalue weighted by Crippen LogP contribution is 2.55. The zero-order valence-corrected chi connectivity index (χ0v) is 20.0. The minimum absolute atomic E-state index is 0.225. The fourth-order valence-corrected chi connectivity index (χ4v) is 8.78. The van der Waals surface area contributed by atoms with Gasteiger partial charge in [-0.15, -0.1) is 0 Å². The maximum Gasteiger partial charge on any atom is 0.257 e. The molecule has 4 aromatic rings. The third-order valence-electron chi connectivity index (χ3n) is 6.03. The van der Waals surface area contributed by atoms with Gasteiger partial charge < -0.3 is 0 Å². The van der Waals surface area contributed by atoms with Crippen LogP contribution in [0.5, 0.6) is 0 Å². The van der Waals surface area contributed by atoms with Crippen molar-refractivity contribution in [2.24, 2.45) is 0 Å². The summed E-state index contributed by atoms with van der Waals surface area (Å²) >= 11 is 0. The van der Waals surface area contributed by atoms with Crippen molar-refractivity contribution in [1.82, 2.24) is 5.32 Å². The molecule has 0 saturated heterocycles. The van der Waals surface area contributed by atoms with Crippen LogP contribution in [-0.2, 0) is 4.79 Å². The molecular formula is C30H29NO2P+. The number of rotatable bonds is 9. The highest BCUT2D eigenvalue weighted by atomic mass is 31.2. The zero-order valence-electron chi connectivity index (χ0n) is 19.1. The topological polar surface area (TPSA) is 46.2 Å². The zero-order chi connectivity index (χ0) is 23.6. The molecule has 4 rings (SSSR count). The van der Waals surface area contributed by atoms with Crippen LogP contribution < -0.4 is 21.2 Å². The van der Waals surface area contributed by atoms with Crippen LogP contribution in [0, 0.1) is 0 Å². The van der Waals surface area contributed by atoms with Gasteiger partial charge in [0.15, 0.2) is 0 Å². The minimum atomic E-state index is -1.89. The smallest absolute Gasteiger partial charge is 0.257 e. The molecule has 1 N–H and O–H groups in total. The fourth-order valence-electron chi connectivity index (χ4n) is 4.37. The molecule has 170 valence electrons. The lowest BCUT2D eigenvalue weighted by molar-refractivity contribution is -0.120. The monoisotopic (exact) mass is 466 g/mol. The molecule has 2 amide bonds. The predicted molar refractivity (Wildman–Crippen MR) is 143 cm³/mol. The van der Waals surface area contributed by atoms with E-state index in [2.05, 4.69) is 96.3 Å². The number of benzene rings is 4. The molecule has 0 aliphatic carbocycles. The van der Waals surface area contributed by atoms with Crippen LogP contribution in [0.4, 0.5) is 0 Å². The molecule has 0 spiro atoms. The van der Waals surface area contributed by atoms with E-state index < -0.39 is 7.26 Å². The van der Waals surface area contributed by atoms with Crippen LogP contribution >= 0.6 is 7.26 Å². The Labute approximate surface area is 202 Å². The summed E-state index contributed by atoms with van der Waals surface area (Å²) in [6, 6.07) is 41.1. The predicted octanol–water partition coefficient (Wildman–Crippen LogP) is 5.11. The summed E-state index contributed by atoms with van der Waals surface area (Å²) in [4.78, 5) is 24.7. The average molecular weight is 467 g/mol. The first-order chi connectivity index (χ1) is 16.7. The molecule has 0 radical (unpaired) electrons. The van der Waals surface area contributed by atoms with Gasteiger partial charge in [-0.25, -0.2) is 0 Å². The Bertz CT molecular complexity index is 1100. The molecule has 0 unspecified atom stereocenters. The molecule has 0 fully saturated rings. The second-order valence-corrected chi connectivity index (χ2v) is 11.9. The number of imide groups is 1. The van der Waals surface area contributed by atoms with Gasteiger partial charge in [0.25, 0.3) is 5.91 Å². The van der Waals surface area contributed by atoms with Gasteiger partial charge in [0, 0.05) is 12.0 Å². The molecule has 0 aromatic heterocycles. The number of carbonyl (C=O) groups is 2. The van der Waals surface area contributed by atoms with Gasteiger partial charge in [-0.1, -0.05) is 72.8 Å². The Hall–Kier alpha value is -3.55. The van der Waals surface area contributed by atoms with Crippen molar-refractivity contribution in [2.75, 3.05) is 6.16 Å². The highest BCUT2D eigenvalue weighted by Gasteiger charge is 2.44. The molecule has 0 aliphatic rings. The Balaban J connectivity index is 1.52. The van der Waals surface area contributed by atoms with Crippen molar-refractivity contribution < 1.29 is 9.59 Å². The summed E-state index contributed by atoms with van der Waals surface area (Å²) in [5.41, 5.74) is 0.498. The highest BCUT2D eigenvalue weighted by molar-refractivity contribution is 7.95. The van der Waals surface area contributed by atoms with Crippen LogP contribution in [0.3, 0.4) is 0 Å². The Kier molecular flexibility index (Phi) is 8.01. The molecule has 3 nitrogen and oxygen atoms in total. The van der Waals surface area contributed by atoms with Crippen LogP contribution in [0.2, 0.25) is 0 Å². The summed E-state index contributed by atoms with van der Waals surface area (Å²) in [6.45, 7) is 0. The van der Waals surface area contributed by atoms with Gasteiger partial charge in [0.2, 0.25) is 5.91 Å². The summed E-state index contributed by atoms with van der Waals surface area (Å²) in [5.74, 6) is -0.567. The summed E-state index contributed by atoms with van der Waals surface area (Å²) in [7, 11) is -1.89. The number of hydrogen-bond donors (Lipinski definition) is 1. The molecule has 4 aromatic carbocycles. The molecule has 0 saturated carbocycles. The van der Waals surface area contributed by atoms with Crippen molar-refractivity contribution in [3.05, 3.63) is 127 Å². The van der Waals surface area contributed by atoms with Crippen molar-refractivity contribution >= 4 is 35.0 Å². The van der Waals surface area contributed by atoms with Crippen molar-refractivity contribution in [3.8, 4) is 0 Å². The summed E-state index contributed by atoms with van der Waals surface area (Å²) in [5, 5.41) is 6.55. The van der Waals surface area contributed by atoms with Gasteiger partial charge in [0.1, 0.15) is 23.2 Å². The molecule has 4 heteroatoms. The van der Waals surface area contributed by atoms with E-state index in [1.54, 1.807) is 24.3 Å². The van der Waals surface area contributed by atoms with Crippen LogP contribution in [0.1, 0.15) is 29.6 Å². The lowest BCUT2D eigenvalue weighted by atomic mass is 10.2. The van der Waals surface area contributed by atoms with E-state index >= 15 is 0 Å². The Morgan fingerprint density at radius 3 is 1.41 bits per heavy atom. The molecule has 0 bridgehead atoms. The molecule has 0 aliphatic heterocycles. The fraction of sp³-hybridized carbons (Fsp3) is 0.133. The lowest BCUT2D eigenvalue weighted by Crippen LogP contribution is -2.33. The number of hydrogen-bond acceptors (Lipinski definition) is 2. The second kappa shape index (κ2) is 11.5. The lowest BCUT2D eigenvalue weighted by Gasteiger charge is -2.27. The maximum atomic E-state index is 12.4. The molecular weight excluding hydrogens is 437 g/mol. The van der Waals surface area contributed by atoms with Gasteiger partial charge in [0.05, 0.1) is 6.16 Å². The van der Waals surface area contributed by atoms with E-state index in [0.29, 0.717) is 12.0 Å². The van der Waals surface area contributed by atoms with Crippen LogP contribution in [-0.4, -0.2) is 18.0 Å². The van der Waals surface area contributed by atoms with Gasteiger partial charge >= 0.3 is 0 Å². The molecule has 0 atom stereocenters.